The molecule has 6 heteroatoms. The smallest absolute Gasteiger partial charge is 0.181 e. The van der Waals surface area contributed by atoms with E-state index in [1.165, 1.54) is 6.07 Å². The van der Waals surface area contributed by atoms with Crippen LogP contribution in [-0.2, 0) is 0 Å². The SMILES string of the molecule is CC[C@@H](N)c1ccc(Cl)c(Oc2cccc(C(=O)CCCC#N)c2)c1F. The van der Waals surface area contributed by atoms with Gasteiger partial charge in [0.15, 0.2) is 17.3 Å². The Labute approximate surface area is 157 Å². The van der Waals surface area contributed by atoms with E-state index >= 15 is 0 Å². The molecule has 2 N–H and O–H groups in total. The summed E-state index contributed by atoms with van der Waals surface area (Å²) in [7, 11) is 0. The van der Waals surface area contributed by atoms with Crippen LogP contribution in [0.2, 0.25) is 5.02 Å². The lowest BCUT2D eigenvalue weighted by Crippen LogP contribution is -2.11. The van der Waals surface area contributed by atoms with Crippen molar-refractivity contribution in [1.29, 1.82) is 5.26 Å². The van der Waals surface area contributed by atoms with E-state index in [0.29, 0.717) is 36.1 Å². The number of halogens is 2. The van der Waals surface area contributed by atoms with Gasteiger partial charge in [-0.1, -0.05) is 36.7 Å². The molecule has 0 fully saturated rings. The molecule has 0 amide bonds. The minimum absolute atomic E-state index is 0.0981. The number of benzene rings is 2. The van der Waals surface area contributed by atoms with E-state index in [1.807, 2.05) is 13.0 Å². The van der Waals surface area contributed by atoms with Gasteiger partial charge in [0.25, 0.3) is 0 Å². The summed E-state index contributed by atoms with van der Waals surface area (Å²) in [5, 5.41) is 8.68. The minimum Gasteiger partial charge on any atom is -0.453 e. The quantitative estimate of drug-likeness (QED) is 0.485. The third kappa shape index (κ3) is 4.81. The lowest BCUT2D eigenvalue weighted by Gasteiger charge is -2.15. The Balaban J connectivity index is 2.25. The van der Waals surface area contributed by atoms with E-state index in [2.05, 4.69) is 0 Å². The lowest BCUT2D eigenvalue weighted by molar-refractivity contribution is 0.0980. The van der Waals surface area contributed by atoms with Crippen molar-refractivity contribution in [2.45, 2.75) is 38.6 Å². The molecule has 0 aliphatic heterocycles. The molecule has 0 radical (unpaired) electrons. The molecule has 0 aliphatic rings. The molecule has 26 heavy (non-hydrogen) atoms. The zero-order valence-electron chi connectivity index (χ0n) is 14.5. The van der Waals surface area contributed by atoms with E-state index in [1.54, 1.807) is 30.3 Å². The first-order valence-electron chi connectivity index (χ1n) is 8.39. The lowest BCUT2D eigenvalue weighted by atomic mass is 10.0. The Morgan fingerprint density at radius 3 is 2.85 bits per heavy atom. The van der Waals surface area contributed by atoms with E-state index < -0.39 is 11.9 Å². The molecule has 1 atom stereocenters. The van der Waals surface area contributed by atoms with Crippen LogP contribution >= 0.6 is 11.6 Å². The monoisotopic (exact) mass is 374 g/mol. The zero-order valence-corrected chi connectivity index (χ0v) is 15.2. The topological polar surface area (TPSA) is 76.1 Å². The van der Waals surface area contributed by atoms with Gasteiger partial charge in [-0.15, -0.1) is 0 Å². The fraction of sp³-hybridized carbons (Fsp3) is 0.300. The molecule has 0 spiro atoms. The van der Waals surface area contributed by atoms with Crippen LogP contribution in [0.1, 0.15) is 54.6 Å². The highest BCUT2D eigenvalue weighted by atomic mass is 35.5. The minimum atomic E-state index is -0.599. The van der Waals surface area contributed by atoms with Gasteiger partial charge in [0.2, 0.25) is 0 Å². The predicted molar refractivity (Wildman–Crippen MR) is 98.9 cm³/mol. The zero-order chi connectivity index (χ0) is 19.1. The molecule has 2 aromatic carbocycles. The van der Waals surface area contributed by atoms with Gasteiger partial charge in [0, 0.05) is 30.0 Å². The van der Waals surface area contributed by atoms with Gasteiger partial charge >= 0.3 is 0 Å². The Bertz CT molecular complexity index is 833. The second kappa shape index (κ2) is 9.33. The molecule has 0 saturated carbocycles. The van der Waals surface area contributed by atoms with Crippen molar-refractivity contribution >= 4 is 17.4 Å². The molecule has 0 unspecified atom stereocenters. The summed E-state index contributed by atoms with van der Waals surface area (Å²) in [6.45, 7) is 1.86. The van der Waals surface area contributed by atoms with Crippen LogP contribution in [0, 0.1) is 17.1 Å². The van der Waals surface area contributed by atoms with Crippen molar-refractivity contribution in [3.63, 3.8) is 0 Å². The molecule has 0 saturated heterocycles. The molecule has 2 rings (SSSR count). The average Bonchev–Trinajstić information content (AvgIpc) is 2.65. The largest absolute Gasteiger partial charge is 0.453 e. The highest BCUT2D eigenvalue weighted by Gasteiger charge is 2.18. The number of rotatable bonds is 8. The maximum absolute atomic E-state index is 14.7. The van der Waals surface area contributed by atoms with Crippen molar-refractivity contribution in [1.82, 2.24) is 0 Å². The summed E-state index contributed by atoms with van der Waals surface area (Å²) in [6.07, 6.45) is 1.67. The van der Waals surface area contributed by atoms with Crippen LogP contribution in [0.15, 0.2) is 36.4 Å². The number of hydrogen-bond donors (Lipinski definition) is 1. The molecule has 0 heterocycles. The van der Waals surface area contributed by atoms with Crippen molar-refractivity contribution in [2.24, 2.45) is 5.73 Å². The second-order valence-corrected chi connectivity index (χ2v) is 6.27. The predicted octanol–water partition coefficient (Wildman–Crippen LogP) is 5.56. The van der Waals surface area contributed by atoms with Crippen LogP contribution in [0.5, 0.6) is 11.5 Å². The van der Waals surface area contributed by atoms with E-state index in [0.717, 1.165) is 0 Å². The number of ketones is 1. The second-order valence-electron chi connectivity index (χ2n) is 5.86. The van der Waals surface area contributed by atoms with Gasteiger partial charge in [0.1, 0.15) is 5.75 Å². The normalized spacial score (nSPS) is 11.7. The van der Waals surface area contributed by atoms with Crippen LogP contribution in [0.25, 0.3) is 0 Å². The van der Waals surface area contributed by atoms with Gasteiger partial charge in [0.05, 0.1) is 11.1 Å². The fourth-order valence-corrected chi connectivity index (χ4v) is 2.66. The summed E-state index contributed by atoms with van der Waals surface area (Å²) in [4.78, 5) is 12.2. The highest BCUT2D eigenvalue weighted by Crippen LogP contribution is 2.36. The highest BCUT2D eigenvalue weighted by molar-refractivity contribution is 6.32. The molecular formula is C20H20ClFN2O2. The molecule has 136 valence electrons. The van der Waals surface area contributed by atoms with Crippen molar-refractivity contribution in [3.05, 3.63) is 58.4 Å². The standard InChI is InChI=1S/C20H20ClFN2O2/c1-2-17(24)15-9-10-16(21)20(19(15)22)26-14-7-5-6-13(12-14)18(25)8-3-4-11-23/h5-7,9-10,12,17H,2-4,8,24H2,1H3/t17-/m1/s1. The van der Waals surface area contributed by atoms with Gasteiger partial charge in [-0.05, 0) is 31.0 Å². The number of carbonyl (C=O) groups is 1. The summed E-state index contributed by atoms with van der Waals surface area (Å²) < 4.78 is 20.4. The third-order valence-corrected chi connectivity index (χ3v) is 4.28. The molecular weight excluding hydrogens is 355 g/mol. The van der Waals surface area contributed by atoms with Crippen LogP contribution < -0.4 is 10.5 Å². The summed E-state index contributed by atoms with van der Waals surface area (Å²) >= 11 is 6.08. The molecule has 0 bridgehead atoms. The van der Waals surface area contributed by atoms with E-state index in [-0.39, 0.29) is 23.0 Å². The average molecular weight is 375 g/mol. The Hall–Kier alpha value is -2.42. The van der Waals surface area contributed by atoms with E-state index in [9.17, 15) is 9.18 Å². The van der Waals surface area contributed by atoms with Crippen molar-refractivity contribution in [2.75, 3.05) is 0 Å². The first-order valence-corrected chi connectivity index (χ1v) is 8.77. The number of carbonyl (C=O) groups excluding carboxylic acids is 1. The number of unbranched alkanes of at least 4 members (excludes halogenated alkanes) is 1. The van der Waals surface area contributed by atoms with Crippen molar-refractivity contribution < 1.29 is 13.9 Å². The van der Waals surface area contributed by atoms with Gasteiger partial charge in [-0.2, -0.15) is 5.26 Å². The van der Waals surface area contributed by atoms with Gasteiger partial charge in [-0.3, -0.25) is 4.79 Å². The molecule has 0 aromatic heterocycles. The maximum Gasteiger partial charge on any atom is 0.181 e. The number of hydrogen-bond acceptors (Lipinski definition) is 4. The van der Waals surface area contributed by atoms with Crippen molar-refractivity contribution in [3.8, 4) is 17.6 Å². The third-order valence-electron chi connectivity index (χ3n) is 3.99. The number of Topliss-reactive ketones (excluding diaryl/α,β-unsaturated/α-hetero) is 1. The van der Waals surface area contributed by atoms with Gasteiger partial charge in [-0.25, -0.2) is 4.39 Å². The number of ether oxygens (including phenoxy) is 1. The Morgan fingerprint density at radius 2 is 2.15 bits per heavy atom. The summed E-state index contributed by atoms with van der Waals surface area (Å²) in [5.74, 6) is -0.502. The number of nitrogens with two attached hydrogens (primary N) is 1. The Kier molecular flexibility index (Phi) is 7.14. The van der Waals surface area contributed by atoms with Crippen LogP contribution in [0.3, 0.4) is 0 Å². The van der Waals surface area contributed by atoms with E-state index in [4.69, 9.17) is 27.3 Å². The Morgan fingerprint density at radius 1 is 1.38 bits per heavy atom. The fourth-order valence-electron chi connectivity index (χ4n) is 2.47. The number of nitriles is 1. The van der Waals surface area contributed by atoms with Crippen LogP contribution in [0.4, 0.5) is 4.39 Å². The van der Waals surface area contributed by atoms with Crippen LogP contribution in [-0.4, -0.2) is 5.78 Å². The summed E-state index contributed by atoms with van der Waals surface area (Å²) in [6, 6.07) is 11.1. The number of nitrogens with zero attached hydrogens (tertiary/aromatic N) is 1. The molecule has 4 nitrogen and oxygen atoms in total. The molecule has 0 aliphatic carbocycles. The first-order chi connectivity index (χ1) is 12.5. The molecule has 2 aromatic rings. The van der Waals surface area contributed by atoms with Gasteiger partial charge < -0.3 is 10.5 Å². The summed E-state index contributed by atoms with van der Waals surface area (Å²) in [5.41, 5.74) is 6.70. The maximum atomic E-state index is 14.7. The first kappa shape index (κ1) is 19.9.